The molecule has 0 bridgehead atoms. The molecule has 0 radical (unpaired) electrons. The van der Waals surface area contributed by atoms with Gasteiger partial charge in [0, 0.05) is 24.7 Å². The molecule has 96 valence electrons. The van der Waals surface area contributed by atoms with Gasteiger partial charge < -0.3 is 10.5 Å². The smallest absolute Gasteiger partial charge is 0.241 e. The van der Waals surface area contributed by atoms with Gasteiger partial charge >= 0.3 is 0 Å². The van der Waals surface area contributed by atoms with E-state index in [9.17, 15) is 0 Å². The van der Waals surface area contributed by atoms with Crippen molar-refractivity contribution in [1.82, 2.24) is 14.8 Å². The summed E-state index contributed by atoms with van der Waals surface area (Å²) in [6.45, 7) is 1.85. The van der Waals surface area contributed by atoms with Crippen LogP contribution in [0, 0.1) is 6.92 Å². The number of pyridine rings is 1. The standard InChI is InChI=1S/C14H14N4O/c1-9-13(15)14(18(2)17-9)19-11-6-5-10-4-3-7-16-12(10)8-11/h3-8H,15H2,1-2H3. The summed E-state index contributed by atoms with van der Waals surface area (Å²) in [7, 11) is 1.80. The van der Waals surface area contributed by atoms with Gasteiger partial charge in [0.15, 0.2) is 0 Å². The molecule has 0 aliphatic carbocycles. The largest absolute Gasteiger partial charge is 0.437 e. The minimum atomic E-state index is 0.549. The molecule has 2 N–H and O–H groups in total. The number of hydrogen-bond acceptors (Lipinski definition) is 4. The zero-order chi connectivity index (χ0) is 13.4. The van der Waals surface area contributed by atoms with Gasteiger partial charge in [-0.2, -0.15) is 5.10 Å². The van der Waals surface area contributed by atoms with Gasteiger partial charge in [-0.15, -0.1) is 0 Å². The van der Waals surface area contributed by atoms with Crippen molar-refractivity contribution < 1.29 is 4.74 Å². The van der Waals surface area contributed by atoms with Gasteiger partial charge in [0.25, 0.3) is 0 Å². The minimum Gasteiger partial charge on any atom is -0.437 e. The second-order valence-electron chi connectivity index (χ2n) is 4.39. The molecule has 0 spiro atoms. The van der Waals surface area contributed by atoms with Crippen LogP contribution in [0.5, 0.6) is 11.6 Å². The predicted molar refractivity (Wildman–Crippen MR) is 74.2 cm³/mol. The van der Waals surface area contributed by atoms with E-state index in [0.29, 0.717) is 17.3 Å². The fourth-order valence-electron chi connectivity index (χ4n) is 2.00. The molecule has 2 aromatic heterocycles. The monoisotopic (exact) mass is 254 g/mol. The summed E-state index contributed by atoms with van der Waals surface area (Å²) in [5, 5.41) is 5.29. The lowest BCUT2D eigenvalue weighted by molar-refractivity contribution is 0.433. The van der Waals surface area contributed by atoms with E-state index in [4.69, 9.17) is 10.5 Å². The average molecular weight is 254 g/mol. The Bertz CT molecular complexity index is 748. The van der Waals surface area contributed by atoms with Crippen LogP contribution >= 0.6 is 0 Å². The minimum absolute atomic E-state index is 0.549. The molecule has 3 rings (SSSR count). The van der Waals surface area contributed by atoms with Crippen LogP contribution < -0.4 is 10.5 Å². The summed E-state index contributed by atoms with van der Waals surface area (Å²) in [5.74, 6) is 1.24. The first-order valence-electron chi connectivity index (χ1n) is 5.97. The molecular weight excluding hydrogens is 240 g/mol. The van der Waals surface area contributed by atoms with Crippen molar-refractivity contribution >= 4 is 16.6 Å². The molecule has 19 heavy (non-hydrogen) atoms. The highest BCUT2D eigenvalue weighted by Gasteiger charge is 2.12. The molecule has 2 heterocycles. The highest BCUT2D eigenvalue weighted by molar-refractivity contribution is 5.79. The van der Waals surface area contributed by atoms with E-state index in [0.717, 1.165) is 16.6 Å². The second kappa shape index (κ2) is 4.28. The van der Waals surface area contributed by atoms with E-state index >= 15 is 0 Å². The predicted octanol–water partition coefficient (Wildman–Crippen LogP) is 2.65. The van der Waals surface area contributed by atoms with Gasteiger partial charge in [0.2, 0.25) is 5.88 Å². The molecule has 5 heteroatoms. The fraction of sp³-hybridized carbons (Fsp3) is 0.143. The number of fused-ring (bicyclic) bond motifs is 1. The molecule has 0 fully saturated rings. The Morgan fingerprint density at radius 2 is 2.11 bits per heavy atom. The number of rotatable bonds is 2. The molecule has 0 saturated carbocycles. The zero-order valence-electron chi connectivity index (χ0n) is 10.8. The number of aryl methyl sites for hydroxylation is 2. The highest BCUT2D eigenvalue weighted by atomic mass is 16.5. The van der Waals surface area contributed by atoms with Gasteiger partial charge in [0.1, 0.15) is 11.4 Å². The summed E-state index contributed by atoms with van der Waals surface area (Å²) >= 11 is 0. The maximum Gasteiger partial charge on any atom is 0.241 e. The van der Waals surface area contributed by atoms with Gasteiger partial charge in [-0.05, 0) is 25.1 Å². The Morgan fingerprint density at radius 3 is 2.84 bits per heavy atom. The van der Waals surface area contributed by atoms with Crippen molar-refractivity contribution in [2.45, 2.75) is 6.92 Å². The summed E-state index contributed by atoms with van der Waals surface area (Å²) in [4.78, 5) is 4.30. The second-order valence-corrected chi connectivity index (χ2v) is 4.39. The third kappa shape index (κ3) is 1.99. The van der Waals surface area contributed by atoms with Crippen LogP contribution in [0.3, 0.4) is 0 Å². The lowest BCUT2D eigenvalue weighted by Gasteiger charge is -2.07. The van der Waals surface area contributed by atoms with E-state index < -0.39 is 0 Å². The summed E-state index contributed by atoms with van der Waals surface area (Å²) < 4.78 is 7.44. The number of anilines is 1. The van der Waals surface area contributed by atoms with Crippen LogP contribution in [0.1, 0.15) is 5.69 Å². The van der Waals surface area contributed by atoms with E-state index in [1.165, 1.54) is 0 Å². The first-order valence-corrected chi connectivity index (χ1v) is 5.97. The Labute approximate surface area is 110 Å². The summed E-state index contributed by atoms with van der Waals surface area (Å²) in [6.07, 6.45) is 1.76. The number of aromatic nitrogens is 3. The topological polar surface area (TPSA) is 66.0 Å². The number of nitrogen functional groups attached to an aromatic ring is 1. The van der Waals surface area contributed by atoms with Crippen molar-refractivity contribution in [3.05, 3.63) is 42.2 Å². The maximum absolute atomic E-state index is 5.94. The number of benzene rings is 1. The van der Waals surface area contributed by atoms with Crippen molar-refractivity contribution in [2.24, 2.45) is 7.05 Å². The summed E-state index contributed by atoms with van der Waals surface area (Å²) in [6, 6.07) is 9.67. The molecule has 0 atom stereocenters. The van der Waals surface area contributed by atoms with E-state index in [2.05, 4.69) is 10.1 Å². The Kier molecular flexibility index (Phi) is 2.59. The van der Waals surface area contributed by atoms with Gasteiger partial charge in [0.05, 0.1) is 11.2 Å². The Balaban J connectivity index is 2.01. The van der Waals surface area contributed by atoms with E-state index in [1.54, 1.807) is 17.9 Å². The highest BCUT2D eigenvalue weighted by Crippen LogP contribution is 2.30. The Morgan fingerprint density at radius 1 is 1.26 bits per heavy atom. The van der Waals surface area contributed by atoms with E-state index in [1.807, 2.05) is 37.3 Å². The molecular formula is C14H14N4O. The molecule has 0 unspecified atom stereocenters. The quantitative estimate of drug-likeness (QED) is 0.763. The third-order valence-electron chi connectivity index (χ3n) is 3.01. The van der Waals surface area contributed by atoms with Crippen molar-refractivity contribution in [3.63, 3.8) is 0 Å². The van der Waals surface area contributed by atoms with Crippen LogP contribution in [-0.2, 0) is 7.05 Å². The van der Waals surface area contributed by atoms with Crippen LogP contribution in [0.2, 0.25) is 0 Å². The lowest BCUT2D eigenvalue weighted by Crippen LogP contribution is -1.97. The number of nitrogens with zero attached hydrogens (tertiary/aromatic N) is 3. The lowest BCUT2D eigenvalue weighted by atomic mass is 10.2. The maximum atomic E-state index is 5.94. The Hall–Kier alpha value is -2.56. The molecule has 0 aliphatic rings. The van der Waals surface area contributed by atoms with Gasteiger partial charge in [-0.3, -0.25) is 4.98 Å². The average Bonchev–Trinajstić information content (AvgIpc) is 2.65. The van der Waals surface area contributed by atoms with E-state index in [-0.39, 0.29) is 0 Å². The molecule has 0 amide bonds. The van der Waals surface area contributed by atoms with Crippen LogP contribution in [-0.4, -0.2) is 14.8 Å². The van der Waals surface area contributed by atoms with Crippen molar-refractivity contribution in [3.8, 4) is 11.6 Å². The summed E-state index contributed by atoms with van der Waals surface area (Å²) in [5.41, 5.74) is 8.15. The van der Waals surface area contributed by atoms with Crippen molar-refractivity contribution in [1.29, 1.82) is 0 Å². The van der Waals surface area contributed by atoms with Crippen LogP contribution in [0.25, 0.3) is 10.9 Å². The fourth-order valence-corrected chi connectivity index (χ4v) is 2.00. The normalized spacial score (nSPS) is 10.8. The van der Waals surface area contributed by atoms with Crippen LogP contribution in [0.4, 0.5) is 5.69 Å². The SMILES string of the molecule is Cc1nn(C)c(Oc2ccc3cccnc3c2)c1N. The van der Waals surface area contributed by atoms with Gasteiger partial charge in [-0.25, -0.2) is 4.68 Å². The van der Waals surface area contributed by atoms with Gasteiger partial charge in [-0.1, -0.05) is 6.07 Å². The third-order valence-corrected chi connectivity index (χ3v) is 3.01. The zero-order valence-corrected chi connectivity index (χ0v) is 10.8. The van der Waals surface area contributed by atoms with Crippen molar-refractivity contribution in [2.75, 3.05) is 5.73 Å². The first kappa shape index (κ1) is 11.5. The molecule has 0 aliphatic heterocycles. The number of hydrogen-bond donors (Lipinski definition) is 1. The number of ether oxygens (including phenoxy) is 1. The molecule has 5 nitrogen and oxygen atoms in total. The van der Waals surface area contributed by atoms with Crippen LogP contribution in [0.15, 0.2) is 36.5 Å². The molecule has 1 aromatic carbocycles. The first-order chi connectivity index (χ1) is 9.15. The molecule has 3 aromatic rings. The number of nitrogens with two attached hydrogens (primary N) is 1. The molecule has 0 saturated heterocycles.